The highest BCUT2D eigenvalue weighted by Crippen LogP contribution is 2.27. The van der Waals surface area contributed by atoms with Gasteiger partial charge in [-0.3, -0.25) is 4.79 Å². The summed E-state index contributed by atoms with van der Waals surface area (Å²) in [7, 11) is 0. The molecule has 1 aromatic carbocycles. The molecule has 126 valence electrons. The van der Waals surface area contributed by atoms with E-state index >= 15 is 0 Å². The SMILES string of the molecule is CCCc1ccc(C(NC(=O)C2=COCCO2)c2cccs2)cc1. The normalized spacial score (nSPS) is 15.0. The second-order valence-electron chi connectivity index (χ2n) is 5.61. The Balaban J connectivity index is 1.81. The summed E-state index contributed by atoms with van der Waals surface area (Å²) < 4.78 is 10.6. The largest absolute Gasteiger partial charge is 0.494 e. The van der Waals surface area contributed by atoms with Crippen LogP contribution in [0.25, 0.3) is 0 Å². The van der Waals surface area contributed by atoms with Gasteiger partial charge in [-0.1, -0.05) is 43.7 Å². The predicted octanol–water partition coefficient (Wildman–Crippen LogP) is 3.79. The van der Waals surface area contributed by atoms with E-state index in [1.54, 1.807) is 11.3 Å². The van der Waals surface area contributed by atoms with Crippen LogP contribution in [0.15, 0.2) is 53.8 Å². The molecule has 0 radical (unpaired) electrons. The molecule has 0 bridgehead atoms. The minimum atomic E-state index is -0.259. The number of hydrogen-bond acceptors (Lipinski definition) is 4. The van der Waals surface area contributed by atoms with Crippen LogP contribution < -0.4 is 5.32 Å². The van der Waals surface area contributed by atoms with Crippen molar-refractivity contribution in [1.82, 2.24) is 5.32 Å². The van der Waals surface area contributed by atoms with Crippen LogP contribution in [0.5, 0.6) is 0 Å². The molecule has 1 N–H and O–H groups in total. The van der Waals surface area contributed by atoms with Crippen LogP contribution >= 0.6 is 11.3 Å². The summed E-state index contributed by atoms with van der Waals surface area (Å²) in [6, 6.07) is 12.3. The van der Waals surface area contributed by atoms with E-state index in [4.69, 9.17) is 9.47 Å². The van der Waals surface area contributed by atoms with Crippen molar-refractivity contribution in [2.45, 2.75) is 25.8 Å². The van der Waals surface area contributed by atoms with Gasteiger partial charge < -0.3 is 14.8 Å². The molecule has 1 aliphatic rings. The Morgan fingerprint density at radius 1 is 1.25 bits per heavy atom. The van der Waals surface area contributed by atoms with Gasteiger partial charge in [0.1, 0.15) is 19.5 Å². The number of thiophene rings is 1. The molecule has 1 aliphatic heterocycles. The summed E-state index contributed by atoms with van der Waals surface area (Å²) in [6.07, 6.45) is 3.57. The van der Waals surface area contributed by atoms with Crippen LogP contribution in [-0.2, 0) is 20.7 Å². The Kier molecular flexibility index (Phi) is 5.54. The first-order chi connectivity index (χ1) is 11.8. The highest BCUT2D eigenvalue weighted by atomic mass is 32.1. The molecule has 1 unspecified atom stereocenters. The number of carbonyl (C=O) groups excluding carboxylic acids is 1. The molecule has 0 saturated heterocycles. The predicted molar refractivity (Wildman–Crippen MR) is 94.7 cm³/mol. The Morgan fingerprint density at radius 2 is 2.08 bits per heavy atom. The van der Waals surface area contributed by atoms with Gasteiger partial charge in [0, 0.05) is 4.88 Å². The maximum Gasteiger partial charge on any atom is 0.290 e. The average Bonchev–Trinajstić information content (AvgIpc) is 3.16. The molecule has 4 nitrogen and oxygen atoms in total. The number of aryl methyl sites for hydroxylation is 1. The lowest BCUT2D eigenvalue weighted by Crippen LogP contribution is -2.32. The van der Waals surface area contributed by atoms with Gasteiger partial charge in [0.25, 0.3) is 5.91 Å². The first kappa shape index (κ1) is 16.6. The molecule has 0 fully saturated rings. The van der Waals surface area contributed by atoms with Crippen molar-refractivity contribution in [2.75, 3.05) is 13.2 Å². The van der Waals surface area contributed by atoms with Gasteiger partial charge in [-0.2, -0.15) is 0 Å². The molecule has 24 heavy (non-hydrogen) atoms. The van der Waals surface area contributed by atoms with Crippen molar-refractivity contribution < 1.29 is 14.3 Å². The van der Waals surface area contributed by atoms with Gasteiger partial charge in [-0.05, 0) is 29.0 Å². The summed E-state index contributed by atoms with van der Waals surface area (Å²) in [5.41, 5.74) is 2.37. The Morgan fingerprint density at radius 3 is 2.71 bits per heavy atom. The van der Waals surface area contributed by atoms with Crippen LogP contribution in [0.2, 0.25) is 0 Å². The summed E-state index contributed by atoms with van der Waals surface area (Å²) >= 11 is 1.62. The Hall–Kier alpha value is -2.27. The van der Waals surface area contributed by atoms with Crippen LogP contribution in [0.4, 0.5) is 0 Å². The van der Waals surface area contributed by atoms with Gasteiger partial charge in [0.15, 0.2) is 0 Å². The van der Waals surface area contributed by atoms with E-state index in [9.17, 15) is 4.79 Å². The zero-order chi connectivity index (χ0) is 16.8. The second kappa shape index (κ2) is 8.02. The summed E-state index contributed by atoms with van der Waals surface area (Å²) in [5, 5.41) is 5.07. The highest BCUT2D eigenvalue weighted by molar-refractivity contribution is 7.10. The fourth-order valence-corrected chi connectivity index (χ4v) is 3.43. The number of benzene rings is 1. The van der Waals surface area contributed by atoms with Crippen LogP contribution in [0.1, 0.15) is 35.4 Å². The highest BCUT2D eigenvalue weighted by Gasteiger charge is 2.22. The van der Waals surface area contributed by atoms with Crippen LogP contribution in [0, 0.1) is 0 Å². The maximum absolute atomic E-state index is 12.5. The molecule has 1 amide bonds. The molecule has 2 aromatic rings. The monoisotopic (exact) mass is 343 g/mol. The third kappa shape index (κ3) is 3.97. The first-order valence-corrected chi connectivity index (χ1v) is 9.03. The quantitative estimate of drug-likeness (QED) is 0.868. The molecule has 0 spiro atoms. The van der Waals surface area contributed by atoms with Crippen LogP contribution in [0.3, 0.4) is 0 Å². The molecule has 5 heteroatoms. The van der Waals surface area contributed by atoms with Crippen molar-refractivity contribution >= 4 is 17.2 Å². The van der Waals surface area contributed by atoms with Crippen molar-refractivity contribution in [3.63, 3.8) is 0 Å². The van der Waals surface area contributed by atoms with Gasteiger partial charge >= 0.3 is 0 Å². The minimum absolute atomic E-state index is 0.195. The molecule has 1 atom stereocenters. The van der Waals surface area contributed by atoms with Gasteiger partial charge in [-0.15, -0.1) is 11.3 Å². The van der Waals surface area contributed by atoms with E-state index < -0.39 is 0 Å². The third-order valence-electron chi connectivity index (χ3n) is 3.83. The van der Waals surface area contributed by atoms with Crippen molar-refractivity contribution in [3.05, 3.63) is 69.8 Å². The first-order valence-electron chi connectivity index (χ1n) is 8.15. The average molecular weight is 343 g/mol. The summed E-state index contributed by atoms with van der Waals surface area (Å²) in [4.78, 5) is 13.6. The third-order valence-corrected chi connectivity index (χ3v) is 4.76. The Bertz CT molecular complexity index is 692. The molecular weight excluding hydrogens is 322 g/mol. The zero-order valence-electron chi connectivity index (χ0n) is 13.7. The van der Waals surface area contributed by atoms with Crippen molar-refractivity contribution in [2.24, 2.45) is 0 Å². The van der Waals surface area contributed by atoms with Crippen molar-refractivity contribution in [3.8, 4) is 0 Å². The number of amides is 1. The zero-order valence-corrected chi connectivity index (χ0v) is 14.5. The Labute approximate surface area is 146 Å². The minimum Gasteiger partial charge on any atom is -0.494 e. The number of hydrogen-bond donors (Lipinski definition) is 1. The lowest BCUT2D eigenvalue weighted by atomic mass is 10.0. The molecule has 3 rings (SSSR count). The smallest absolute Gasteiger partial charge is 0.290 e. The number of rotatable bonds is 6. The second-order valence-corrected chi connectivity index (χ2v) is 6.59. The van der Waals surface area contributed by atoms with Gasteiger partial charge in [0.05, 0.1) is 6.04 Å². The van der Waals surface area contributed by atoms with Crippen LogP contribution in [-0.4, -0.2) is 19.1 Å². The van der Waals surface area contributed by atoms with E-state index in [0.29, 0.717) is 13.2 Å². The standard InChI is InChI=1S/C19H21NO3S/c1-2-4-14-6-8-15(9-7-14)18(17-5-3-12-24-17)20-19(21)16-13-22-10-11-23-16/h3,5-9,12-13,18H,2,4,10-11H2,1H3,(H,20,21). The number of nitrogens with one attached hydrogen (secondary N) is 1. The van der Waals surface area contributed by atoms with Gasteiger partial charge in [0.2, 0.25) is 5.76 Å². The lowest BCUT2D eigenvalue weighted by Gasteiger charge is -2.21. The molecule has 2 heterocycles. The fraction of sp³-hybridized carbons (Fsp3) is 0.316. The van der Waals surface area contributed by atoms with Crippen molar-refractivity contribution in [1.29, 1.82) is 0 Å². The lowest BCUT2D eigenvalue weighted by molar-refractivity contribution is -0.122. The molecule has 0 aliphatic carbocycles. The van der Waals surface area contributed by atoms with E-state index in [-0.39, 0.29) is 17.7 Å². The topological polar surface area (TPSA) is 47.6 Å². The molecular formula is C19H21NO3S. The van der Waals surface area contributed by atoms with E-state index in [1.165, 1.54) is 11.8 Å². The van der Waals surface area contributed by atoms with E-state index in [1.807, 2.05) is 17.5 Å². The van der Waals surface area contributed by atoms with E-state index in [0.717, 1.165) is 23.3 Å². The number of carbonyl (C=O) groups is 1. The maximum atomic E-state index is 12.5. The molecule has 0 saturated carbocycles. The van der Waals surface area contributed by atoms with E-state index in [2.05, 4.69) is 36.5 Å². The molecule has 1 aromatic heterocycles. The summed E-state index contributed by atoms with van der Waals surface area (Å²) in [6.45, 7) is 3.04. The number of ether oxygens (including phenoxy) is 2. The fourth-order valence-electron chi connectivity index (χ4n) is 2.63. The van der Waals surface area contributed by atoms with Gasteiger partial charge in [-0.25, -0.2) is 0 Å². The summed E-state index contributed by atoms with van der Waals surface area (Å²) in [5.74, 6) is -0.0313.